The van der Waals surface area contributed by atoms with Crippen LogP contribution in [-0.2, 0) is 11.0 Å². The molecule has 0 aliphatic heterocycles. The molecule has 0 saturated heterocycles. The lowest BCUT2D eigenvalue weighted by Crippen LogP contribution is -2.10. The van der Waals surface area contributed by atoms with Gasteiger partial charge in [0, 0.05) is 11.3 Å². The topological polar surface area (TPSA) is 99.4 Å². The van der Waals surface area contributed by atoms with Gasteiger partial charge in [-0.2, -0.15) is 0 Å². The van der Waals surface area contributed by atoms with Crippen LogP contribution in [-0.4, -0.2) is 34.1 Å². The van der Waals surface area contributed by atoms with Crippen molar-refractivity contribution >= 4 is 22.5 Å². The van der Waals surface area contributed by atoms with Gasteiger partial charge in [0.2, 0.25) is 0 Å². The smallest absolute Gasteiger partial charge is 0.257 e. The van der Waals surface area contributed by atoms with E-state index in [1.165, 1.54) is 26.5 Å². The lowest BCUT2D eigenvalue weighted by Gasteiger charge is -2.13. The van der Waals surface area contributed by atoms with Crippen molar-refractivity contribution < 1.29 is 18.1 Å². The van der Waals surface area contributed by atoms with Crippen molar-refractivity contribution in [2.24, 2.45) is 0 Å². The Hall–Kier alpha value is -2.42. The predicted octanol–water partition coefficient (Wildman–Crippen LogP) is 2.37. The Bertz CT molecular complexity index is 758. The number of nitrogen functional groups attached to an aromatic ring is 1. The van der Waals surface area contributed by atoms with Crippen LogP contribution in [0.25, 0.3) is 11.3 Å². The number of hydrogen-bond acceptors (Lipinski definition) is 6. The van der Waals surface area contributed by atoms with Gasteiger partial charge < -0.3 is 19.9 Å². The molecule has 0 saturated carbocycles. The molecule has 0 spiro atoms. The molecule has 0 fully saturated rings. The molecule has 1 aromatic heterocycles. The van der Waals surface area contributed by atoms with Crippen LogP contribution < -0.4 is 19.9 Å². The Kier molecular flexibility index (Phi) is 5.91. The summed E-state index contributed by atoms with van der Waals surface area (Å²) in [5.41, 5.74) is 6.71. The third-order valence-corrected chi connectivity index (χ3v) is 4.34. The maximum atomic E-state index is 14.3. The monoisotopic (exact) mass is 354 g/mol. The lowest BCUT2D eigenvalue weighted by atomic mass is 10.1. The molecule has 2 rings (SSSR count). The minimum absolute atomic E-state index is 0.0152. The van der Waals surface area contributed by atoms with Crippen LogP contribution in [0.2, 0.25) is 0 Å². The Balaban J connectivity index is 2.48. The molecule has 1 atom stereocenters. The molecule has 0 aliphatic rings. The van der Waals surface area contributed by atoms with E-state index in [-0.39, 0.29) is 23.1 Å². The summed E-state index contributed by atoms with van der Waals surface area (Å²) in [5, 5.41) is 0. The molecule has 1 aromatic carbocycles. The maximum absolute atomic E-state index is 14.3. The molecule has 1 heterocycles. The van der Waals surface area contributed by atoms with E-state index < -0.39 is 16.8 Å². The number of halogens is 1. The fraction of sp³-hybridized carbons (Fsp3) is 0.333. The number of benzene rings is 1. The zero-order valence-electron chi connectivity index (χ0n) is 13.6. The van der Waals surface area contributed by atoms with Crippen LogP contribution in [0.4, 0.5) is 15.9 Å². The van der Waals surface area contributed by atoms with Crippen LogP contribution in [0.3, 0.4) is 0 Å². The molecule has 0 amide bonds. The van der Waals surface area contributed by atoms with Gasteiger partial charge in [-0.15, -0.1) is 0 Å². The molecule has 0 radical (unpaired) electrons. The SMILES string of the molecule is CCCS(=O)Nc1cc(-c2cnc(N)c(OC)n2)cc(F)c1OC. The van der Waals surface area contributed by atoms with Crippen molar-refractivity contribution in [1.82, 2.24) is 9.97 Å². The van der Waals surface area contributed by atoms with E-state index >= 15 is 0 Å². The van der Waals surface area contributed by atoms with Gasteiger partial charge in [-0.3, -0.25) is 0 Å². The van der Waals surface area contributed by atoms with Gasteiger partial charge in [-0.05, 0) is 18.6 Å². The van der Waals surface area contributed by atoms with Crippen LogP contribution in [0.1, 0.15) is 13.3 Å². The predicted molar refractivity (Wildman–Crippen MR) is 91.9 cm³/mol. The van der Waals surface area contributed by atoms with E-state index in [1.807, 2.05) is 6.92 Å². The fourth-order valence-electron chi connectivity index (χ4n) is 2.05. The molecular formula is C15H19FN4O3S. The Morgan fingerprint density at radius 1 is 1.33 bits per heavy atom. The van der Waals surface area contributed by atoms with Gasteiger partial charge in [0.15, 0.2) is 17.4 Å². The number of nitrogens with two attached hydrogens (primary N) is 1. The van der Waals surface area contributed by atoms with Crippen molar-refractivity contribution in [3.05, 3.63) is 24.1 Å². The summed E-state index contributed by atoms with van der Waals surface area (Å²) in [6.45, 7) is 1.91. The second kappa shape index (κ2) is 7.91. The highest BCUT2D eigenvalue weighted by molar-refractivity contribution is 7.86. The highest BCUT2D eigenvalue weighted by atomic mass is 32.2. The number of anilines is 2. The Morgan fingerprint density at radius 3 is 2.71 bits per heavy atom. The zero-order valence-corrected chi connectivity index (χ0v) is 14.4. The second-order valence-electron chi connectivity index (χ2n) is 4.84. The lowest BCUT2D eigenvalue weighted by molar-refractivity contribution is 0.389. The summed E-state index contributed by atoms with van der Waals surface area (Å²) >= 11 is 0. The zero-order chi connectivity index (χ0) is 17.7. The minimum Gasteiger partial charge on any atom is -0.492 e. The molecule has 2 aromatic rings. The highest BCUT2D eigenvalue weighted by Crippen LogP contribution is 2.34. The van der Waals surface area contributed by atoms with Crippen molar-refractivity contribution in [2.45, 2.75) is 13.3 Å². The number of nitrogens with one attached hydrogen (secondary N) is 1. The van der Waals surface area contributed by atoms with Crippen molar-refractivity contribution in [3.8, 4) is 22.9 Å². The van der Waals surface area contributed by atoms with Crippen LogP contribution in [0.5, 0.6) is 11.6 Å². The number of rotatable bonds is 7. The first-order valence-corrected chi connectivity index (χ1v) is 8.51. The molecule has 1 unspecified atom stereocenters. The summed E-state index contributed by atoms with van der Waals surface area (Å²) in [6.07, 6.45) is 2.14. The van der Waals surface area contributed by atoms with Crippen molar-refractivity contribution in [3.63, 3.8) is 0 Å². The third kappa shape index (κ3) is 3.91. The Morgan fingerprint density at radius 2 is 2.08 bits per heavy atom. The van der Waals surface area contributed by atoms with Gasteiger partial charge >= 0.3 is 0 Å². The second-order valence-corrected chi connectivity index (χ2v) is 6.14. The van der Waals surface area contributed by atoms with E-state index in [4.69, 9.17) is 15.2 Å². The fourth-order valence-corrected chi connectivity index (χ4v) is 2.92. The molecule has 9 heteroatoms. The van der Waals surface area contributed by atoms with E-state index in [9.17, 15) is 8.60 Å². The number of nitrogens with zero attached hydrogens (tertiary/aromatic N) is 2. The van der Waals surface area contributed by atoms with Gasteiger partial charge in [-0.1, -0.05) is 6.92 Å². The number of hydrogen-bond donors (Lipinski definition) is 2. The minimum atomic E-state index is -1.34. The first-order chi connectivity index (χ1) is 11.5. The molecule has 3 N–H and O–H groups in total. The summed E-state index contributed by atoms with van der Waals surface area (Å²) in [6, 6.07) is 2.85. The standard InChI is InChI=1S/C15H19FN4O3S/c1-4-5-24(21)20-11-7-9(6-10(16)13(11)22-2)12-8-18-14(17)15(19-12)23-3/h6-8,20H,4-5H2,1-3H3,(H2,17,18). The molecule has 0 aliphatic carbocycles. The Labute approximate surface area is 142 Å². The highest BCUT2D eigenvalue weighted by Gasteiger charge is 2.16. The average molecular weight is 354 g/mol. The number of ether oxygens (including phenoxy) is 2. The summed E-state index contributed by atoms with van der Waals surface area (Å²) in [5.74, 6) is 0.0948. The van der Waals surface area contributed by atoms with Crippen molar-refractivity contribution in [2.75, 3.05) is 30.4 Å². The normalized spacial score (nSPS) is 11.8. The number of aromatic nitrogens is 2. The van der Waals surface area contributed by atoms with E-state index in [2.05, 4.69) is 14.7 Å². The molecule has 7 nitrogen and oxygen atoms in total. The summed E-state index contributed by atoms with van der Waals surface area (Å²) < 4.78 is 39.1. The molecule has 130 valence electrons. The first-order valence-electron chi connectivity index (χ1n) is 7.19. The van der Waals surface area contributed by atoms with Gasteiger partial charge in [-0.25, -0.2) is 18.6 Å². The van der Waals surface area contributed by atoms with Gasteiger partial charge in [0.1, 0.15) is 11.0 Å². The van der Waals surface area contributed by atoms with Crippen molar-refractivity contribution in [1.29, 1.82) is 0 Å². The third-order valence-electron chi connectivity index (χ3n) is 3.12. The van der Waals surface area contributed by atoms with E-state index in [0.717, 1.165) is 6.42 Å². The van der Waals surface area contributed by atoms with E-state index in [1.54, 1.807) is 6.07 Å². The average Bonchev–Trinajstić information content (AvgIpc) is 2.55. The first kappa shape index (κ1) is 17.9. The summed E-state index contributed by atoms with van der Waals surface area (Å²) in [7, 11) is 1.42. The maximum Gasteiger partial charge on any atom is 0.257 e. The molecular weight excluding hydrogens is 335 g/mol. The van der Waals surface area contributed by atoms with Gasteiger partial charge in [0.05, 0.1) is 31.8 Å². The van der Waals surface area contributed by atoms with E-state index in [0.29, 0.717) is 17.0 Å². The van der Waals surface area contributed by atoms with Crippen LogP contribution >= 0.6 is 0 Å². The quantitative estimate of drug-likeness (QED) is 0.792. The van der Waals surface area contributed by atoms with Crippen LogP contribution in [0.15, 0.2) is 18.3 Å². The molecule has 0 bridgehead atoms. The number of methoxy groups -OCH3 is 2. The van der Waals surface area contributed by atoms with Gasteiger partial charge in [0.25, 0.3) is 5.88 Å². The largest absolute Gasteiger partial charge is 0.492 e. The van der Waals surface area contributed by atoms with Crippen LogP contribution in [0, 0.1) is 5.82 Å². The molecule has 24 heavy (non-hydrogen) atoms. The summed E-state index contributed by atoms with van der Waals surface area (Å²) in [4.78, 5) is 8.17.